The molecule has 0 saturated carbocycles. The van der Waals surface area contributed by atoms with Crippen molar-refractivity contribution in [3.05, 3.63) is 58.9 Å². The Hall–Kier alpha value is -1.87. The fourth-order valence-electron chi connectivity index (χ4n) is 2.52. The lowest BCUT2D eigenvalue weighted by atomic mass is 9.96. The minimum atomic E-state index is 0.126. The monoisotopic (exact) mass is 284 g/mol. The number of nitrogens with zero attached hydrogens (tertiary/aromatic N) is 1. The van der Waals surface area contributed by atoms with Gasteiger partial charge in [0, 0.05) is 17.5 Å². The van der Waals surface area contributed by atoms with Crippen LogP contribution in [0.15, 0.2) is 36.5 Å². The zero-order valence-corrected chi connectivity index (χ0v) is 13.3. The van der Waals surface area contributed by atoms with Gasteiger partial charge < -0.3 is 10.1 Å². The average Bonchev–Trinajstić information content (AvgIpc) is 2.48. The summed E-state index contributed by atoms with van der Waals surface area (Å²) in [6.07, 6.45) is 2.96. The van der Waals surface area contributed by atoms with E-state index in [0.29, 0.717) is 0 Å². The molecule has 1 atom stereocenters. The van der Waals surface area contributed by atoms with E-state index in [0.717, 1.165) is 24.4 Å². The molecule has 0 saturated heterocycles. The highest BCUT2D eigenvalue weighted by Crippen LogP contribution is 2.31. The van der Waals surface area contributed by atoms with Gasteiger partial charge in [-0.2, -0.15) is 0 Å². The SMILES string of the molecule is CCCNC(c1ccnc(C)c1)c1cc(C)ccc1OC. The molecule has 0 spiro atoms. The van der Waals surface area contributed by atoms with Gasteiger partial charge in [-0.1, -0.05) is 24.6 Å². The van der Waals surface area contributed by atoms with Crippen LogP contribution in [0.4, 0.5) is 0 Å². The molecule has 2 rings (SSSR count). The van der Waals surface area contributed by atoms with Gasteiger partial charge in [0.1, 0.15) is 5.75 Å². The van der Waals surface area contributed by atoms with Crippen LogP contribution in [0.5, 0.6) is 5.75 Å². The summed E-state index contributed by atoms with van der Waals surface area (Å²) in [5.41, 5.74) is 4.67. The van der Waals surface area contributed by atoms with Gasteiger partial charge >= 0.3 is 0 Å². The van der Waals surface area contributed by atoms with E-state index in [1.807, 2.05) is 19.2 Å². The molecule has 1 N–H and O–H groups in total. The molecule has 0 aliphatic rings. The normalized spacial score (nSPS) is 12.2. The van der Waals surface area contributed by atoms with E-state index in [4.69, 9.17) is 4.74 Å². The van der Waals surface area contributed by atoms with E-state index in [1.54, 1.807) is 7.11 Å². The Labute approximate surface area is 127 Å². The highest BCUT2D eigenvalue weighted by molar-refractivity contribution is 5.43. The molecule has 0 fully saturated rings. The van der Waals surface area contributed by atoms with Crippen molar-refractivity contribution in [3.8, 4) is 5.75 Å². The Kier molecular flexibility index (Phi) is 5.34. The van der Waals surface area contributed by atoms with Gasteiger partial charge in [0.05, 0.1) is 13.2 Å². The van der Waals surface area contributed by atoms with Gasteiger partial charge in [-0.25, -0.2) is 0 Å². The molecule has 0 aliphatic carbocycles. The van der Waals surface area contributed by atoms with E-state index < -0.39 is 0 Å². The number of ether oxygens (including phenoxy) is 1. The van der Waals surface area contributed by atoms with Crippen LogP contribution >= 0.6 is 0 Å². The number of benzene rings is 1. The zero-order valence-electron chi connectivity index (χ0n) is 13.3. The molecule has 1 aromatic carbocycles. The molecule has 1 unspecified atom stereocenters. The van der Waals surface area contributed by atoms with Crippen molar-refractivity contribution in [2.75, 3.05) is 13.7 Å². The fourth-order valence-corrected chi connectivity index (χ4v) is 2.52. The molecular formula is C18H24N2O. The van der Waals surface area contributed by atoms with Crippen LogP contribution < -0.4 is 10.1 Å². The third-order valence-electron chi connectivity index (χ3n) is 3.55. The number of aryl methyl sites for hydroxylation is 2. The highest BCUT2D eigenvalue weighted by Gasteiger charge is 2.18. The summed E-state index contributed by atoms with van der Waals surface area (Å²) < 4.78 is 5.56. The number of nitrogens with one attached hydrogen (secondary N) is 1. The summed E-state index contributed by atoms with van der Waals surface area (Å²) in [7, 11) is 1.73. The van der Waals surface area contributed by atoms with Crippen molar-refractivity contribution < 1.29 is 4.74 Å². The summed E-state index contributed by atoms with van der Waals surface area (Å²) >= 11 is 0. The predicted octanol–water partition coefficient (Wildman–Crippen LogP) is 3.80. The Balaban J connectivity index is 2.47. The first-order valence-corrected chi connectivity index (χ1v) is 7.46. The molecule has 1 aromatic heterocycles. The minimum absolute atomic E-state index is 0.126. The smallest absolute Gasteiger partial charge is 0.123 e. The maximum atomic E-state index is 5.56. The maximum Gasteiger partial charge on any atom is 0.123 e. The van der Waals surface area contributed by atoms with Gasteiger partial charge in [0.15, 0.2) is 0 Å². The van der Waals surface area contributed by atoms with Crippen molar-refractivity contribution in [2.45, 2.75) is 33.2 Å². The number of hydrogen-bond acceptors (Lipinski definition) is 3. The molecular weight excluding hydrogens is 260 g/mol. The van der Waals surface area contributed by atoms with E-state index in [1.165, 1.54) is 16.7 Å². The largest absolute Gasteiger partial charge is 0.496 e. The summed E-state index contributed by atoms with van der Waals surface area (Å²) in [4.78, 5) is 4.30. The minimum Gasteiger partial charge on any atom is -0.496 e. The predicted molar refractivity (Wildman–Crippen MR) is 86.8 cm³/mol. The number of rotatable bonds is 6. The lowest BCUT2D eigenvalue weighted by Crippen LogP contribution is -2.24. The van der Waals surface area contributed by atoms with Crippen LogP contribution in [0.1, 0.15) is 41.8 Å². The van der Waals surface area contributed by atoms with Crippen molar-refractivity contribution in [1.29, 1.82) is 0 Å². The molecule has 0 radical (unpaired) electrons. The maximum absolute atomic E-state index is 5.56. The highest BCUT2D eigenvalue weighted by atomic mass is 16.5. The zero-order chi connectivity index (χ0) is 15.2. The summed E-state index contributed by atoms with van der Waals surface area (Å²) in [5.74, 6) is 0.920. The van der Waals surface area contributed by atoms with Crippen LogP contribution in [0, 0.1) is 13.8 Å². The van der Waals surface area contributed by atoms with Crippen molar-refractivity contribution in [1.82, 2.24) is 10.3 Å². The summed E-state index contributed by atoms with van der Waals surface area (Å²) in [6, 6.07) is 10.6. The lowest BCUT2D eigenvalue weighted by molar-refractivity contribution is 0.403. The lowest BCUT2D eigenvalue weighted by Gasteiger charge is -2.22. The van der Waals surface area contributed by atoms with Crippen LogP contribution in [-0.4, -0.2) is 18.6 Å². The Bertz CT molecular complexity index is 596. The molecule has 2 aromatic rings. The second-order valence-electron chi connectivity index (χ2n) is 5.36. The van der Waals surface area contributed by atoms with E-state index in [-0.39, 0.29) is 6.04 Å². The number of aromatic nitrogens is 1. The average molecular weight is 284 g/mol. The number of methoxy groups -OCH3 is 1. The van der Waals surface area contributed by atoms with Crippen molar-refractivity contribution >= 4 is 0 Å². The molecule has 0 aliphatic heterocycles. The number of pyridine rings is 1. The molecule has 112 valence electrons. The Morgan fingerprint density at radius 2 is 2.00 bits per heavy atom. The second kappa shape index (κ2) is 7.23. The quantitative estimate of drug-likeness (QED) is 0.876. The number of hydrogen-bond donors (Lipinski definition) is 1. The molecule has 3 nitrogen and oxygen atoms in total. The summed E-state index contributed by atoms with van der Waals surface area (Å²) in [5, 5.41) is 3.62. The van der Waals surface area contributed by atoms with E-state index in [9.17, 15) is 0 Å². The summed E-state index contributed by atoms with van der Waals surface area (Å²) in [6.45, 7) is 7.27. The molecule has 0 bridgehead atoms. The van der Waals surface area contributed by atoms with Gasteiger partial charge in [-0.15, -0.1) is 0 Å². The first-order valence-electron chi connectivity index (χ1n) is 7.46. The molecule has 3 heteroatoms. The van der Waals surface area contributed by atoms with Crippen LogP contribution in [0.3, 0.4) is 0 Å². The van der Waals surface area contributed by atoms with Gasteiger partial charge in [-0.3, -0.25) is 4.98 Å². The van der Waals surface area contributed by atoms with Crippen molar-refractivity contribution in [2.24, 2.45) is 0 Å². The molecule has 0 amide bonds. The van der Waals surface area contributed by atoms with Gasteiger partial charge in [0.2, 0.25) is 0 Å². The molecule has 1 heterocycles. The van der Waals surface area contributed by atoms with Crippen molar-refractivity contribution in [3.63, 3.8) is 0 Å². The standard InChI is InChI=1S/C18H24N2O/c1-5-9-20-18(15-8-10-19-14(3)12-15)16-11-13(2)6-7-17(16)21-4/h6-8,10-12,18,20H,5,9H2,1-4H3. The first-order chi connectivity index (χ1) is 10.2. The van der Waals surface area contributed by atoms with Gasteiger partial charge in [0.25, 0.3) is 0 Å². The third kappa shape index (κ3) is 3.82. The van der Waals surface area contributed by atoms with Crippen LogP contribution in [0.25, 0.3) is 0 Å². The van der Waals surface area contributed by atoms with E-state index >= 15 is 0 Å². The topological polar surface area (TPSA) is 34.2 Å². The van der Waals surface area contributed by atoms with E-state index in [2.05, 4.69) is 48.4 Å². The van der Waals surface area contributed by atoms with Crippen LogP contribution in [0.2, 0.25) is 0 Å². The van der Waals surface area contributed by atoms with Gasteiger partial charge in [-0.05, 0) is 50.6 Å². The Morgan fingerprint density at radius 3 is 2.67 bits per heavy atom. The first kappa shape index (κ1) is 15.5. The second-order valence-corrected chi connectivity index (χ2v) is 5.36. The Morgan fingerprint density at radius 1 is 1.19 bits per heavy atom. The van der Waals surface area contributed by atoms with Crippen LogP contribution in [-0.2, 0) is 0 Å². The molecule has 21 heavy (non-hydrogen) atoms. The fraction of sp³-hybridized carbons (Fsp3) is 0.389. The third-order valence-corrected chi connectivity index (χ3v) is 3.55.